The van der Waals surface area contributed by atoms with Gasteiger partial charge in [-0.3, -0.25) is 4.98 Å². The Kier molecular flexibility index (Phi) is 4.83. The predicted octanol–water partition coefficient (Wildman–Crippen LogP) is 10.5. The Hall–Kier alpha value is -5.81. The number of anilines is 6. The normalized spacial score (nSPS) is 13.0. The molecule has 3 heterocycles. The lowest BCUT2D eigenvalue weighted by Gasteiger charge is -2.37. The van der Waals surface area contributed by atoms with E-state index in [0.717, 1.165) is 78.8 Å². The van der Waals surface area contributed by atoms with Gasteiger partial charge < -0.3 is 19.3 Å². The number of aromatic nitrogens is 1. The maximum atomic E-state index is 6.37. The lowest BCUT2D eigenvalue weighted by atomic mass is 9.97. The highest BCUT2D eigenvalue weighted by molar-refractivity contribution is 6.23. The summed E-state index contributed by atoms with van der Waals surface area (Å²) in [4.78, 5) is 9.71. The van der Waals surface area contributed by atoms with Gasteiger partial charge in [0.2, 0.25) is 0 Å². The Morgan fingerprint density at radius 2 is 0.762 bits per heavy atom. The number of ether oxygens (including phenoxy) is 2. The number of pyridine rings is 1. The number of hydrogen-bond donors (Lipinski definition) is 0. The molecule has 2 aliphatic rings. The molecule has 0 aliphatic carbocycles. The zero-order valence-electron chi connectivity index (χ0n) is 22.4. The molecular formula is C37H23N3O2. The van der Waals surface area contributed by atoms with E-state index >= 15 is 0 Å². The fourth-order valence-corrected chi connectivity index (χ4v) is 6.31. The first kappa shape index (κ1) is 22.9. The average Bonchev–Trinajstić information content (AvgIpc) is 3.05. The van der Waals surface area contributed by atoms with Crippen molar-refractivity contribution in [2.75, 3.05) is 9.80 Å². The van der Waals surface area contributed by atoms with Gasteiger partial charge in [-0.25, -0.2) is 0 Å². The Balaban J connectivity index is 1.43. The van der Waals surface area contributed by atoms with Crippen LogP contribution in [-0.2, 0) is 0 Å². The lowest BCUT2D eigenvalue weighted by molar-refractivity contribution is 0.477. The number of para-hydroxylation sites is 8. The van der Waals surface area contributed by atoms with Gasteiger partial charge in [-0.15, -0.1) is 0 Å². The number of hydrogen-bond acceptors (Lipinski definition) is 5. The van der Waals surface area contributed by atoms with Gasteiger partial charge in [0.25, 0.3) is 0 Å². The van der Waals surface area contributed by atoms with Crippen LogP contribution < -0.4 is 19.3 Å². The van der Waals surface area contributed by atoms with Crippen molar-refractivity contribution in [3.8, 4) is 23.0 Å². The summed E-state index contributed by atoms with van der Waals surface area (Å²) in [6.07, 6.45) is 1.88. The standard InChI is InChI=1S/C37H23N3O2/c1-2-13-25-24(12-1)36(39-27-15-3-7-19-31(27)41-32-20-8-4-16-28(32)39)26-14-11-23-38-35(26)37(25)40-29-17-5-9-21-33(29)42-34-22-10-6-18-30(34)40/h1-23H. The molecule has 5 nitrogen and oxygen atoms in total. The van der Waals surface area contributed by atoms with Gasteiger partial charge in [-0.1, -0.05) is 72.8 Å². The van der Waals surface area contributed by atoms with Crippen molar-refractivity contribution >= 4 is 55.8 Å². The lowest BCUT2D eigenvalue weighted by Crippen LogP contribution is -2.19. The van der Waals surface area contributed by atoms with Gasteiger partial charge >= 0.3 is 0 Å². The summed E-state index contributed by atoms with van der Waals surface area (Å²) in [6.45, 7) is 0. The Labute approximate surface area is 242 Å². The first-order valence-electron chi connectivity index (χ1n) is 14.0. The minimum absolute atomic E-state index is 0.810. The Morgan fingerprint density at radius 1 is 0.381 bits per heavy atom. The molecule has 6 aromatic carbocycles. The summed E-state index contributed by atoms with van der Waals surface area (Å²) in [5.41, 5.74) is 6.91. The van der Waals surface area contributed by atoms with Gasteiger partial charge in [-0.05, 0) is 60.7 Å². The second kappa shape index (κ2) is 8.85. The third kappa shape index (κ3) is 3.22. The van der Waals surface area contributed by atoms with Crippen molar-refractivity contribution in [1.29, 1.82) is 0 Å². The van der Waals surface area contributed by atoms with E-state index in [9.17, 15) is 0 Å². The first-order chi connectivity index (χ1) is 20.9. The largest absolute Gasteiger partial charge is 0.453 e. The molecule has 5 heteroatoms. The molecule has 9 rings (SSSR count). The predicted molar refractivity (Wildman–Crippen MR) is 169 cm³/mol. The van der Waals surface area contributed by atoms with E-state index in [-0.39, 0.29) is 0 Å². The monoisotopic (exact) mass is 541 g/mol. The minimum Gasteiger partial charge on any atom is -0.453 e. The van der Waals surface area contributed by atoms with Crippen molar-refractivity contribution in [1.82, 2.24) is 4.98 Å². The van der Waals surface area contributed by atoms with Crippen molar-refractivity contribution in [3.63, 3.8) is 0 Å². The smallest absolute Gasteiger partial charge is 0.151 e. The van der Waals surface area contributed by atoms with E-state index in [1.807, 2.05) is 60.8 Å². The Morgan fingerprint density at radius 3 is 1.26 bits per heavy atom. The van der Waals surface area contributed by atoms with Crippen LogP contribution in [0.3, 0.4) is 0 Å². The summed E-state index contributed by atoms with van der Waals surface area (Å²) in [6, 6.07) is 45.6. The summed E-state index contributed by atoms with van der Waals surface area (Å²) < 4.78 is 12.7. The molecule has 0 amide bonds. The fourth-order valence-electron chi connectivity index (χ4n) is 6.31. The third-order valence-corrected chi connectivity index (χ3v) is 8.04. The average molecular weight is 542 g/mol. The highest BCUT2D eigenvalue weighted by Gasteiger charge is 2.33. The van der Waals surface area contributed by atoms with Crippen LogP contribution in [0.4, 0.5) is 34.1 Å². The maximum absolute atomic E-state index is 6.37. The SMILES string of the molecule is c1ccc2c(c1)Oc1ccccc1N2c1c2ccccc2c(N2c3ccccc3Oc3ccccc32)c2ncccc12. The van der Waals surface area contributed by atoms with Crippen LogP contribution in [0.15, 0.2) is 140 Å². The molecule has 0 fully saturated rings. The van der Waals surface area contributed by atoms with Crippen LogP contribution in [0.1, 0.15) is 0 Å². The molecule has 0 bridgehead atoms. The number of rotatable bonds is 2. The highest BCUT2D eigenvalue weighted by Crippen LogP contribution is 2.57. The molecule has 0 atom stereocenters. The summed E-state index contributed by atoms with van der Waals surface area (Å²) >= 11 is 0. The van der Waals surface area contributed by atoms with Gasteiger partial charge in [0.15, 0.2) is 23.0 Å². The third-order valence-electron chi connectivity index (χ3n) is 8.04. The van der Waals surface area contributed by atoms with E-state index in [4.69, 9.17) is 14.5 Å². The van der Waals surface area contributed by atoms with Crippen molar-refractivity contribution in [3.05, 3.63) is 140 Å². The topological polar surface area (TPSA) is 37.8 Å². The van der Waals surface area contributed by atoms with E-state index in [1.165, 1.54) is 0 Å². The first-order valence-corrected chi connectivity index (χ1v) is 14.0. The van der Waals surface area contributed by atoms with Crippen LogP contribution in [0.25, 0.3) is 21.7 Å². The summed E-state index contributed by atoms with van der Waals surface area (Å²) in [5.74, 6) is 3.25. The summed E-state index contributed by atoms with van der Waals surface area (Å²) in [7, 11) is 0. The molecule has 0 saturated carbocycles. The molecule has 0 N–H and O–H groups in total. The number of benzene rings is 6. The zero-order valence-corrected chi connectivity index (χ0v) is 22.4. The zero-order chi connectivity index (χ0) is 27.6. The van der Waals surface area contributed by atoms with Crippen molar-refractivity contribution in [2.45, 2.75) is 0 Å². The maximum Gasteiger partial charge on any atom is 0.151 e. The quantitative estimate of drug-likeness (QED) is 0.204. The Bertz CT molecular complexity index is 1890. The van der Waals surface area contributed by atoms with Gasteiger partial charge in [0, 0.05) is 22.4 Å². The molecule has 2 aliphatic heterocycles. The van der Waals surface area contributed by atoms with E-state index in [0.29, 0.717) is 0 Å². The molecule has 1 aromatic heterocycles. The van der Waals surface area contributed by atoms with Crippen LogP contribution in [0, 0.1) is 0 Å². The van der Waals surface area contributed by atoms with Crippen LogP contribution >= 0.6 is 0 Å². The van der Waals surface area contributed by atoms with Gasteiger partial charge in [-0.2, -0.15) is 0 Å². The molecule has 0 saturated heterocycles. The van der Waals surface area contributed by atoms with Crippen molar-refractivity contribution < 1.29 is 9.47 Å². The second-order valence-corrected chi connectivity index (χ2v) is 10.4. The van der Waals surface area contributed by atoms with Crippen molar-refractivity contribution in [2.24, 2.45) is 0 Å². The molecule has 0 radical (unpaired) electrons. The summed E-state index contributed by atoms with van der Waals surface area (Å²) in [5, 5.41) is 3.24. The molecular weight excluding hydrogens is 518 g/mol. The van der Waals surface area contributed by atoms with E-state index in [1.54, 1.807) is 0 Å². The fraction of sp³-hybridized carbons (Fsp3) is 0. The molecule has 0 spiro atoms. The molecule has 42 heavy (non-hydrogen) atoms. The minimum atomic E-state index is 0.810. The van der Waals surface area contributed by atoms with E-state index in [2.05, 4.69) is 88.7 Å². The van der Waals surface area contributed by atoms with E-state index < -0.39 is 0 Å². The number of fused-ring (bicyclic) bond motifs is 6. The van der Waals surface area contributed by atoms with Crippen LogP contribution in [0.2, 0.25) is 0 Å². The number of nitrogens with zero attached hydrogens (tertiary/aromatic N) is 3. The highest BCUT2D eigenvalue weighted by atomic mass is 16.5. The molecule has 7 aromatic rings. The van der Waals surface area contributed by atoms with Gasteiger partial charge in [0.1, 0.15) is 0 Å². The van der Waals surface area contributed by atoms with Gasteiger partial charge in [0.05, 0.1) is 39.6 Å². The molecule has 198 valence electrons. The van der Waals surface area contributed by atoms with Crippen LogP contribution in [0.5, 0.6) is 23.0 Å². The van der Waals surface area contributed by atoms with Crippen LogP contribution in [-0.4, -0.2) is 4.98 Å². The second-order valence-electron chi connectivity index (χ2n) is 10.4. The molecule has 0 unspecified atom stereocenters.